The highest BCUT2D eigenvalue weighted by Gasteiger charge is 2.14. The lowest BCUT2D eigenvalue weighted by atomic mass is 10.2. The molecule has 5 nitrogen and oxygen atoms in total. The fourth-order valence-electron chi connectivity index (χ4n) is 1.56. The molecule has 0 spiro atoms. The maximum atomic E-state index is 8.93. The predicted octanol–water partition coefficient (Wildman–Crippen LogP) is 1.22. The van der Waals surface area contributed by atoms with Crippen LogP contribution in [-0.2, 0) is 11.3 Å². The van der Waals surface area contributed by atoms with Gasteiger partial charge in [-0.2, -0.15) is 5.10 Å². The maximum Gasteiger partial charge on any atom is 0.151 e. The molecule has 0 aromatic carbocycles. The molecule has 17 heavy (non-hydrogen) atoms. The monoisotopic (exact) mass is 239 g/mol. The number of ether oxygens (including phenoxy) is 1. The number of aliphatic hydroxyl groups is 1. The second-order valence-corrected chi connectivity index (χ2v) is 3.98. The minimum Gasteiger partial charge on any atom is -0.390 e. The molecule has 0 amide bonds. The highest BCUT2D eigenvalue weighted by molar-refractivity contribution is 5.38. The van der Waals surface area contributed by atoms with Crippen molar-refractivity contribution in [2.24, 2.45) is 0 Å². The fraction of sp³-hybridized carbons (Fsp3) is 0.667. The van der Waals surface area contributed by atoms with Crippen molar-refractivity contribution in [1.29, 1.82) is 0 Å². The smallest absolute Gasteiger partial charge is 0.151 e. The van der Waals surface area contributed by atoms with Crippen LogP contribution in [0.15, 0.2) is 12.1 Å². The van der Waals surface area contributed by atoms with Gasteiger partial charge < -0.3 is 14.7 Å². The minimum absolute atomic E-state index is 0.0747. The van der Waals surface area contributed by atoms with Crippen LogP contribution in [0.25, 0.3) is 0 Å². The molecule has 1 atom stereocenters. The van der Waals surface area contributed by atoms with Gasteiger partial charge in [0.25, 0.3) is 0 Å². The molecule has 0 aliphatic carbocycles. The van der Waals surface area contributed by atoms with Crippen molar-refractivity contribution >= 4 is 5.82 Å². The summed E-state index contributed by atoms with van der Waals surface area (Å²) in [6.07, 6.45) is 1.03. The third-order valence-electron chi connectivity index (χ3n) is 2.82. The van der Waals surface area contributed by atoms with Crippen LogP contribution in [0.5, 0.6) is 0 Å². The molecule has 0 radical (unpaired) electrons. The molecule has 5 heteroatoms. The van der Waals surface area contributed by atoms with Gasteiger partial charge in [-0.15, -0.1) is 5.10 Å². The average Bonchev–Trinajstić information content (AvgIpc) is 2.39. The number of methoxy groups -OCH3 is 1. The van der Waals surface area contributed by atoms with E-state index in [2.05, 4.69) is 28.9 Å². The van der Waals surface area contributed by atoms with Crippen LogP contribution in [0.2, 0.25) is 0 Å². The number of hydrogen-bond donors (Lipinski definition) is 1. The van der Waals surface area contributed by atoms with Crippen LogP contribution in [0.4, 0.5) is 5.82 Å². The maximum absolute atomic E-state index is 8.93. The SMILES string of the molecule is CCC(C)N(CCOC)c1ccc(CO)nn1. The lowest BCUT2D eigenvalue weighted by molar-refractivity contribution is 0.203. The molecule has 1 rings (SSSR count). The molecule has 0 saturated heterocycles. The van der Waals surface area contributed by atoms with E-state index in [1.165, 1.54) is 0 Å². The Morgan fingerprint density at radius 1 is 1.41 bits per heavy atom. The fourth-order valence-corrected chi connectivity index (χ4v) is 1.56. The molecular formula is C12H21N3O2. The summed E-state index contributed by atoms with van der Waals surface area (Å²) in [6, 6.07) is 4.07. The van der Waals surface area contributed by atoms with Crippen LogP contribution in [-0.4, -0.2) is 41.6 Å². The summed E-state index contributed by atoms with van der Waals surface area (Å²) in [7, 11) is 1.69. The van der Waals surface area contributed by atoms with Gasteiger partial charge in [-0.05, 0) is 25.5 Å². The van der Waals surface area contributed by atoms with E-state index in [0.29, 0.717) is 18.3 Å². The topological polar surface area (TPSA) is 58.5 Å². The Kier molecular flexibility index (Phi) is 5.86. The summed E-state index contributed by atoms with van der Waals surface area (Å²) in [6.45, 7) is 5.67. The van der Waals surface area contributed by atoms with Gasteiger partial charge in [-0.3, -0.25) is 0 Å². The van der Waals surface area contributed by atoms with E-state index in [9.17, 15) is 0 Å². The molecule has 1 aromatic heterocycles. The van der Waals surface area contributed by atoms with Gasteiger partial charge >= 0.3 is 0 Å². The van der Waals surface area contributed by atoms with E-state index in [1.807, 2.05) is 6.07 Å². The zero-order valence-electron chi connectivity index (χ0n) is 10.8. The summed E-state index contributed by atoms with van der Waals surface area (Å²) in [5.74, 6) is 0.827. The van der Waals surface area contributed by atoms with Crippen molar-refractivity contribution in [1.82, 2.24) is 10.2 Å². The molecule has 1 aromatic rings. The molecular weight excluding hydrogens is 218 g/mol. The van der Waals surface area contributed by atoms with E-state index in [4.69, 9.17) is 9.84 Å². The lowest BCUT2D eigenvalue weighted by Gasteiger charge is -2.28. The Hall–Kier alpha value is -1.20. The number of aliphatic hydroxyl groups excluding tert-OH is 1. The third-order valence-corrected chi connectivity index (χ3v) is 2.82. The summed E-state index contributed by atoms with van der Waals surface area (Å²) in [5.41, 5.74) is 0.588. The summed E-state index contributed by atoms with van der Waals surface area (Å²) >= 11 is 0. The summed E-state index contributed by atoms with van der Waals surface area (Å²) < 4.78 is 5.10. The van der Waals surface area contributed by atoms with E-state index < -0.39 is 0 Å². The second kappa shape index (κ2) is 7.19. The number of nitrogens with zero attached hydrogens (tertiary/aromatic N) is 3. The Morgan fingerprint density at radius 2 is 2.18 bits per heavy atom. The first kappa shape index (κ1) is 13.9. The van der Waals surface area contributed by atoms with Gasteiger partial charge in [0.15, 0.2) is 5.82 Å². The van der Waals surface area contributed by atoms with Gasteiger partial charge in [0, 0.05) is 19.7 Å². The molecule has 0 saturated carbocycles. The van der Waals surface area contributed by atoms with Crippen molar-refractivity contribution in [3.63, 3.8) is 0 Å². The van der Waals surface area contributed by atoms with Crippen molar-refractivity contribution in [2.45, 2.75) is 32.9 Å². The summed E-state index contributed by atoms with van der Waals surface area (Å²) in [4.78, 5) is 2.16. The first-order valence-electron chi connectivity index (χ1n) is 5.92. The minimum atomic E-state index is -0.0747. The van der Waals surface area contributed by atoms with Crippen molar-refractivity contribution < 1.29 is 9.84 Å². The number of rotatable bonds is 7. The average molecular weight is 239 g/mol. The van der Waals surface area contributed by atoms with Crippen LogP contribution in [0.3, 0.4) is 0 Å². The molecule has 1 heterocycles. The standard InChI is InChI=1S/C12H21N3O2/c1-4-10(2)15(7-8-17-3)12-6-5-11(9-16)13-14-12/h5-6,10,16H,4,7-9H2,1-3H3. The van der Waals surface area contributed by atoms with Gasteiger partial charge in [0.2, 0.25) is 0 Å². The van der Waals surface area contributed by atoms with Gasteiger partial charge in [-0.1, -0.05) is 6.92 Å². The Labute approximate surface area is 102 Å². The van der Waals surface area contributed by atoms with E-state index in [-0.39, 0.29) is 6.61 Å². The van der Waals surface area contributed by atoms with Crippen molar-refractivity contribution in [3.8, 4) is 0 Å². The molecule has 1 unspecified atom stereocenters. The predicted molar refractivity (Wildman–Crippen MR) is 66.9 cm³/mol. The van der Waals surface area contributed by atoms with E-state index in [0.717, 1.165) is 18.8 Å². The molecule has 0 fully saturated rings. The zero-order valence-corrected chi connectivity index (χ0v) is 10.8. The van der Waals surface area contributed by atoms with Crippen LogP contribution in [0, 0.1) is 0 Å². The largest absolute Gasteiger partial charge is 0.390 e. The lowest BCUT2D eigenvalue weighted by Crippen LogP contribution is -2.36. The Bertz CT molecular complexity index is 316. The Morgan fingerprint density at radius 3 is 2.65 bits per heavy atom. The van der Waals surface area contributed by atoms with Crippen LogP contribution < -0.4 is 4.90 Å². The van der Waals surface area contributed by atoms with E-state index >= 15 is 0 Å². The van der Waals surface area contributed by atoms with Crippen molar-refractivity contribution in [3.05, 3.63) is 17.8 Å². The van der Waals surface area contributed by atoms with Gasteiger partial charge in [0.05, 0.1) is 18.9 Å². The zero-order chi connectivity index (χ0) is 12.7. The normalized spacial score (nSPS) is 12.5. The highest BCUT2D eigenvalue weighted by atomic mass is 16.5. The van der Waals surface area contributed by atoms with Gasteiger partial charge in [-0.25, -0.2) is 0 Å². The van der Waals surface area contributed by atoms with Crippen molar-refractivity contribution in [2.75, 3.05) is 25.2 Å². The van der Waals surface area contributed by atoms with Crippen LogP contribution in [0.1, 0.15) is 26.0 Å². The quantitative estimate of drug-likeness (QED) is 0.775. The number of aromatic nitrogens is 2. The molecule has 0 bridgehead atoms. The van der Waals surface area contributed by atoms with Crippen LogP contribution >= 0.6 is 0 Å². The highest BCUT2D eigenvalue weighted by Crippen LogP contribution is 2.14. The number of hydrogen-bond acceptors (Lipinski definition) is 5. The molecule has 1 N–H and O–H groups in total. The van der Waals surface area contributed by atoms with E-state index in [1.54, 1.807) is 13.2 Å². The molecule has 0 aliphatic heterocycles. The second-order valence-electron chi connectivity index (χ2n) is 3.98. The molecule has 96 valence electrons. The Balaban J connectivity index is 2.79. The first-order chi connectivity index (χ1) is 8.22. The summed E-state index contributed by atoms with van der Waals surface area (Å²) in [5, 5.41) is 17.0. The molecule has 0 aliphatic rings. The van der Waals surface area contributed by atoms with Gasteiger partial charge in [0.1, 0.15) is 0 Å². The number of anilines is 1. The third kappa shape index (κ3) is 3.94. The first-order valence-corrected chi connectivity index (χ1v) is 5.92.